The van der Waals surface area contributed by atoms with Crippen LogP contribution in [0.4, 0.5) is 0 Å². The molecular weight excluding hydrogens is 89.8 g/mol. The van der Waals surface area contributed by atoms with Gasteiger partial charge in [0.15, 0.2) is 0 Å². The van der Waals surface area contributed by atoms with Crippen molar-refractivity contribution in [2.75, 3.05) is 14.2 Å². The molecule has 0 saturated carbocycles. The average molecular weight is 95.9 g/mol. The van der Waals surface area contributed by atoms with Crippen molar-refractivity contribution in [2.45, 2.75) is 0 Å². The van der Waals surface area contributed by atoms with Crippen LogP contribution < -0.4 is 29.6 Å². The van der Waals surface area contributed by atoms with E-state index in [1.807, 2.05) is 0 Å². The van der Waals surface area contributed by atoms with Gasteiger partial charge in [0.05, 0.1) is 0 Å². The summed E-state index contributed by atoms with van der Waals surface area (Å²) >= 11 is 0. The molecule has 0 aliphatic carbocycles. The normalized spacial score (nSPS) is 7.00. The van der Waals surface area contributed by atoms with Crippen molar-refractivity contribution in [1.82, 2.24) is 0 Å². The van der Waals surface area contributed by atoms with E-state index in [9.17, 15) is 0 Å². The van der Waals surface area contributed by atoms with Gasteiger partial charge in [0.2, 0.25) is 0 Å². The molecule has 0 saturated heterocycles. The first-order chi connectivity index (χ1) is 2.41. The van der Waals surface area contributed by atoms with E-state index >= 15 is 0 Å². The van der Waals surface area contributed by atoms with Crippen LogP contribution in [0.3, 0.4) is 0 Å². The summed E-state index contributed by atoms with van der Waals surface area (Å²) in [6.45, 7) is 0. The molecule has 0 fully saturated rings. The van der Waals surface area contributed by atoms with Crippen molar-refractivity contribution < 1.29 is 38.9 Å². The van der Waals surface area contributed by atoms with Crippen LogP contribution >= 0.6 is 0 Å². The molecule has 0 spiro atoms. The fourth-order valence-electron chi connectivity index (χ4n) is 0.0962. The van der Waals surface area contributed by atoms with Gasteiger partial charge in [0.1, 0.15) is 0 Å². The van der Waals surface area contributed by atoms with Gasteiger partial charge in [0, 0.05) is 0 Å². The van der Waals surface area contributed by atoms with E-state index in [0.29, 0.717) is 0 Å². The van der Waals surface area contributed by atoms with E-state index in [0.717, 1.165) is 0 Å². The van der Waals surface area contributed by atoms with E-state index in [4.69, 9.17) is 0 Å². The second-order valence-corrected chi connectivity index (χ2v) is 0.568. The first-order valence-electron chi connectivity index (χ1n) is 1.29. The van der Waals surface area contributed by atoms with Crippen LogP contribution in [-0.4, -0.2) is 21.9 Å². The first-order valence-corrected chi connectivity index (χ1v) is 1.29. The summed E-state index contributed by atoms with van der Waals surface area (Å²) in [5.74, 6) is 0. The summed E-state index contributed by atoms with van der Waals surface area (Å²) in [6.07, 6.45) is 0. The SMILES string of the molecule is CO[B-]OC.[Na+]. The topological polar surface area (TPSA) is 18.5 Å². The number of hydrogen-bond acceptors (Lipinski definition) is 2. The van der Waals surface area contributed by atoms with Crippen molar-refractivity contribution in [3.05, 3.63) is 0 Å². The van der Waals surface area contributed by atoms with E-state index in [-0.39, 0.29) is 29.6 Å². The van der Waals surface area contributed by atoms with Crippen molar-refractivity contribution >= 4 is 7.69 Å². The molecule has 2 radical (unpaired) electrons. The van der Waals surface area contributed by atoms with Gasteiger partial charge in [-0.05, 0) is 21.9 Å². The fourth-order valence-corrected chi connectivity index (χ4v) is 0.0962. The largest absolute Gasteiger partial charge is 1.00 e. The van der Waals surface area contributed by atoms with E-state index in [2.05, 4.69) is 9.31 Å². The van der Waals surface area contributed by atoms with Gasteiger partial charge in [-0.2, -0.15) is 0 Å². The van der Waals surface area contributed by atoms with Gasteiger partial charge in [-0.3, -0.25) is 0 Å². The monoisotopic (exact) mass is 96.0 g/mol. The van der Waals surface area contributed by atoms with Crippen molar-refractivity contribution in [3.8, 4) is 0 Å². The second kappa shape index (κ2) is 9.37. The molecule has 0 aromatic carbocycles. The Hall–Kier alpha value is 0.985. The van der Waals surface area contributed by atoms with E-state index in [1.54, 1.807) is 0 Å². The maximum atomic E-state index is 4.34. The minimum atomic E-state index is 0. The van der Waals surface area contributed by atoms with Crippen molar-refractivity contribution in [3.63, 3.8) is 0 Å². The molecule has 0 aliphatic heterocycles. The van der Waals surface area contributed by atoms with Crippen LogP contribution in [0.2, 0.25) is 0 Å². The van der Waals surface area contributed by atoms with Gasteiger partial charge in [-0.15, -0.1) is 0 Å². The van der Waals surface area contributed by atoms with Crippen molar-refractivity contribution in [1.29, 1.82) is 0 Å². The molecule has 0 aromatic rings. The minimum absolute atomic E-state index is 0. The number of hydrogen-bond donors (Lipinski definition) is 0. The third kappa shape index (κ3) is 8.88. The van der Waals surface area contributed by atoms with E-state index in [1.165, 1.54) is 21.9 Å². The first kappa shape index (κ1) is 10.1. The molecule has 0 rings (SSSR count). The molecule has 4 heteroatoms. The molecule has 0 amide bonds. The smallest absolute Gasteiger partial charge is 0.628 e. The standard InChI is InChI=1S/C2H6BO2.Na/c1-4-3-5-2;/h1-2H3;/q-1;+1. The van der Waals surface area contributed by atoms with Gasteiger partial charge in [-0.1, -0.05) is 0 Å². The zero-order chi connectivity index (χ0) is 4.12. The predicted molar refractivity (Wildman–Crippen MR) is 19.8 cm³/mol. The minimum Gasteiger partial charge on any atom is -0.628 e. The third-order valence-corrected chi connectivity index (χ3v) is 0.192. The summed E-state index contributed by atoms with van der Waals surface area (Å²) in [4.78, 5) is 0. The fraction of sp³-hybridized carbons (Fsp3) is 1.00. The van der Waals surface area contributed by atoms with Gasteiger partial charge in [0.25, 0.3) is 0 Å². The maximum absolute atomic E-state index is 4.34. The summed E-state index contributed by atoms with van der Waals surface area (Å²) < 4.78 is 8.69. The summed E-state index contributed by atoms with van der Waals surface area (Å²) in [5.41, 5.74) is 0. The Labute approximate surface area is 60.8 Å². The van der Waals surface area contributed by atoms with Gasteiger partial charge in [-0.25, -0.2) is 0 Å². The molecular formula is C2H6BNaO2. The molecule has 0 unspecified atom stereocenters. The Balaban J connectivity index is 0. The zero-order valence-electron chi connectivity index (χ0n) is 4.39. The van der Waals surface area contributed by atoms with Gasteiger partial charge >= 0.3 is 29.6 Å². The zero-order valence-corrected chi connectivity index (χ0v) is 6.39. The second-order valence-electron chi connectivity index (χ2n) is 0.568. The van der Waals surface area contributed by atoms with Crippen LogP contribution in [0.5, 0.6) is 0 Å². The molecule has 0 aliphatic rings. The molecule has 0 atom stereocenters. The Morgan fingerprint density at radius 3 is 1.50 bits per heavy atom. The van der Waals surface area contributed by atoms with Gasteiger partial charge < -0.3 is 9.31 Å². The third-order valence-electron chi connectivity index (χ3n) is 0.192. The Morgan fingerprint density at radius 2 is 1.50 bits per heavy atom. The predicted octanol–water partition coefficient (Wildman–Crippen LogP) is -3.18. The Bertz CT molecular complexity index is 19.0. The maximum Gasteiger partial charge on any atom is 1.00 e. The quantitative estimate of drug-likeness (QED) is 0.337. The molecule has 0 N–H and O–H groups in total. The Kier molecular flexibility index (Phi) is 15.7. The molecule has 0 bridgehead atoms. The summed E-state index contributed by atoms with van der Waals surface area (Å²) in [7, 11) is 4.31. The van der Waals surface area contributed by atoms with Crippen LogP contribution in [0.1, 0.15) is 0 Å². The molecule has 2 nitrogen and oxygen atoms in total. The molecule has 6 heavy (non-hydrogen) atoms. The molecule has 0 aromatic heterocycles. The van der Waals surface area contributed by atoms with Crippen LogP contribution in [0, 0.1) is 0 Å². The molecule has 0 heterocycles. The number of rotatable bonds is 2. The van der Waals surface area contributed by atoms with Crippen LogP contribution in [-0.2, 0) is 9.31 Å². The van der Waals surface area contributed by atoms with Crippen LogP contribution in [0.25, 0.3) is 0 Å². The summed E-state index contributed by atoms with van der Waals surface area (Å²) in [6, 6.07) is 0. The average Bonchev–Trinajstić information content (AvgIpc) is 1.41. The Morgan fingerprint density at radius 1 is 1.17 bits per heavy atom. The molecule has 30 valence electrons. The summed E-state index contributed by atoms with van der Waals surface area (Å²) in [5, 5.41) is 0. The van der Waals surface area contributed by atoms with Crippen molar-refractivity contribution in [2.24, 2.45) is 0 Å². The van der Waals surface area contributed by atoms with E-state index < -0.39 is 0 Å². The van der Waals surface area contributed by atoms with Crippen LogP contribution in [0.15, 0.2) is 0 Å².